The summed E-state index contributed by atoms with van der Waals surface area (Å²) >= 11 is 6.06. The first-order valence-corrected chi connectivity index (χ1v) is 12.9. The van der Waals surface area contributed by atoms with Crippen molar-refractivity contribution in [1.82, 2.24) is 35.4 Å². The third kappa shape index (κ3) is 6.32. The highest BCUT2D eigenvalue weighted by atomic mass is 35.5. The monoisotopic (exact) mass is 535 g/mol. The van der Waals surface area contributed by atoms with Crippen LogP contribution in [-0.4, -0.2) is 86.4 Å². The number of amides is 1. The molecular formula is C26H30ClN9O2. The lowest BCUT2D eigenvalue weighted by atomic mass is 9.91. The van der Waals surface area contributed by atoms with Gasteiger partial charge in [-0.1, -0.05) is 53.1 Å². The highest BCUT2D eigenvalue weighted by Gasteiger charge is 2.39. The molecule has 11 nitrogen and oxygen atoms in total. The average Bonchev–Trinajstić information content (AvgIpc) is 3.44. The summed E-state index contributed by atoms with van der Waals surface area (Å²) in [5.41, 5.74) is 8.48. The summed E-state index contributed by atoms with van der Waals surface area (Å²) in [4.78, 5) is 22.2. The van der Waals surface area contributed by atoms with E-state index >= 15 is 0 Å². The van der Waals surface area contributed by atoms with Gasteiger partial charge in [0.05, 0.1) is 12.3 Å². The molecule has 38 heavy (non-hydrogen) atoms. The van der Waals surface area contributed by atoms with Crippen LogP contribution >= 0.6 is 11.6 Å². The molecule has 3 aromatic rings. The van der Waals surface area contributed by atoms with Gasteiger partial charge in [0.2, 0.25) is 5.91 Å². The van der Waals surface area contributed by atoms with E-state index in [4.69, 9.17) is 22.1 Å². The smallest absolute Gasteiger partial charge is 0.269 e. The Morgan fingerprint density at radius 3 is 2.71 bits per heavy atom. The van der Waals surface area contributed by atoms with Crippen molar-refractivity contribution >= 4 is 23.5 Å². The molecule has 2 unspecified atom stereocenters. The molecule has 1 aromatic carbocycles. The van der Waals surface area contributed by atoms with Gasteiger partial charge in [-0.05, 0) is 35.1 Å². The van der Waals surface area contributed by atoms with Crippen LogP contribution in [-0.2, 0) is 16.1 Å². The Morgan fingerprint density at radius 1 is 1.16 bits per heavy atom. The van der Waals surface area contributed by atoms with Gasteiger partial charge in [0, 0.05) is 56.1 Å². The number of aromatic nitrogens is 5. The molecule has 1 saturated heterocycles. The SMILES string of the molecule is NC1(OCCN2CCN(Cc3cccnc3-c3ccc(Cl)cc3)CC2)C=CC=CC1C(=O)Nc1nn[nH]n1. The molecule has 198 valence electrons. The van der Waals surface area contributed by atoms with Crippen molar-refractivity contribution in [2.45, 2.75) is 12.3 Å². The molecule has 12 heteroatoms. The fourth-order valence-electron chi connectivity index (χ4n) is 4.67. The van der Waals surface area contributed by atoms with Crippen LogP contribution in [0.4, 0.5) is 5.95 Å². The van der Waals surface area contributed by atoms with Crippen LogP contribution in [0, 0.1) is 5.92 Å². The third-order valence-electron chi connectivity index (χ3n) is 6.75. The highest BCUT2D eigenvalue weighted by Crippen LogP contribution is 2.26. The normalized spacial score (nSPS) is 22.0. The molecular weight excluding hydrogens is 506 g/mol. The van der Waals surface area contributed by atoms with E-state index in [1.807, 2.05) is 36.5 Å². The van der Waals surface area contributed by atoms with Crippen LogP contribution in [0.25, 0.3) is 11.3 Å². The fourth-order valence-corrected chi connectivity index (χ4v) is 4.79. The minimum absolute atomic E-state index is 0.0877. The zero-order chi connectivity index (χ0) is 26.4. The van der Waals surface area contributed by atoms with Crippen LogP contribution in [0.3, 0.4) is 0 Å². The zero-order valence-corrected chi connectivity index (χ0v) is 21.6. The molecule has 1 fully saturated rings. The predicted molar refractivity (Wildman–Crippen MR) is 144 cm³/mol. The van der Waals surface area contributed by atoms with E-state index in [-0.39, 0.29) is 11.9 Å². The Morgan fingerprint density at radius 2 is 1.95 bits per heavy atom. The molecule has 1 aliphatic carbocycles. The summed E-state index contributed by atoms with van der Waals surface area (Å²) in [6, 6.07) is 11.9. The largest absolute Gasteiger partial charge is 0.355 e. The number of carbonyl (C=O) groups excluding carboxylic acids is 1. The number of allylic oxidation sites excluding steroid dienone is 2. The second kappa shape index (κ2) is 11.9. The second-order valence-electron chi connectivity index (χ2n) is 9.28. The number of nitrogens with one attached hydrogen (secondary N) is 2. The summed E-state index contributed by atoms with van der Waals surface area (Å²) in [7, 11) is 0. The maximum absolute atomic E-state index is 12.8. The lowest BCUT2D eigenvalue weighted by Gasteiger charge is -2.37. The lowest BCUT2D eigenvalue weighted by Crippen LogP contribution is -2.54. The standard InChI is InChI=1S/C26H30ClN9O2/c27-21-8-6-19(7-9-21)23-20(4-3-11-29-23)18-36-14-12-35(13-15-36)16-17-38-26(28)10-2-1-5-22(26)24(37)30-25-31-33-34-32-25/h1-11,22H,12-18,28H2,(H2,30,31,32,33,34,37). The molecule has 0 radical (unpaired) electrons. The molecule has 0 spiro atoms. The molecule has 0 bridgehead atoms. The van der Waals surface area contributed by atoms with Crippen LogP contribution in [0.15, 0.2) is 66.9 Å². The predicted octanol–water partition coefficient (Wildman–Crippen LogP) is 2.09. The molecule has 5 rings (SSSR count). The van der Waals surface area contributed by atoms with Gasteiger partial charge in [-0.25, -0.2) is 0 Å². The maximum atomic E-state index is 12.8. The van der Waals surface area contributed by atoms with Gasteiger partial charge in [-0.2, -0.15) is 5.21 Å². The molecule has 2 atom stereocenters. The van der Waals surface area contributed by atoms with Crippen LogP contribution in [0.2, 0.25) is 5.02 Å². The number of nitrogens with two attached hydrogens (primary N) is 1. The molecule has 4 N–H and O–H groups in total. The molecule has 0 saturated carbocycles. The first-order chi connectivity index (χ1) is 18.5. The average molecular weight is 536 g/mol. The molecule has 2 aliphatic rings. The van der Waals surface area contributed by atoms with Crippen molar-refractivity contribution in [3.8, 4) is 11.3 Å². The van der Waals surface area contributed by atoms with Gasteiger partial charge in [0.25, 0.3) is 5.95 Å². The van der Waals surface area contributed by atoms with Crippen LogP contribution < -0.4 is 11.1 Å². The molecule has 1 aliphatic heterocycles. The third-order valence-corrected chi connectivity index (χ3v) is 7.00. The Kier molecular flexibility index (Phi) is 8.20. The summed E-state index contributed by atoms with van der Waals surface area (Å²) in [5.74, 6) is -1.00. The number of hydrogen-bond acceptors (Lipinski definition) is 9. The van der Waals surface area contributed by atoms with Gasteiger partial charge in [0.15, 0.2) is 5.72 Å². The number of pyridine rings is 1. The van der Waals surface area contributed by atoms with E-state index in [0.717, 1.165) is 44.0 Å². The van der Waals surface area contributed by atoms with Crippen molar-refractivity contribution in [1.29, 1.82) is 0 Å². The van der Waals surface area contributed by atoms with Crippen molar-refractivity contribution in [3.05, 3.63) is 77.5 Å². The van der Waals surface area contributed by atoms with Crippen molar-refractivity contribution in [3.63, 3.8) is 0 Å². The molecule has 2 aromatic heterocycles. The number of benzene rings is 1. The van der Waals surface area contributed by atoms with E-state index in [9.17, 15) is 4.79 Å². The topological polar surface area (TPSA) is 138 Å². The van der Waals surface area contributed by atoms with Crippen molar-refractivity contribution < 1.29 is 9.53 Å². The molecule has 1 amide bonds. The Labute approximate surface area is 225 Å². The fraction of sp³-hybridized carbons (Fsp3) is 0.346. The van der Waals surface area contributed by atoms with Gasteiger partial charge >= 0.3 is 0 Å². The summed E-state index contributed by atoms with van der Waals surface area (Å²) in [6.07, 6.45) is 8.80. The minimum atomic E-state index is -1.26. The first kappa shape index (κ1) is 26.1. The molecule has 3 heterocycles. The summed E-state index contributed by atoms with van der Waals surface area (Å²) in [6.45, 7) is 5.62. The Hall–Kier alpha value is -3.48. The van der Waals surface area contributed by atoms with Gasteiger partial charge < -0.3 is 4.74 Å². The van der Waals surface area contributed by atoms with Crippen molar-refractivity contribution in [2.75, 3.05) is 44.6 Å². The number of halogens is 1. The summed E-state index contributed by atoms with van der Waals surface area (Å²) < 4.78 is 6.06. The lowest BCUT2D eigenvalue weighted by molar-refractivity contribution is -0.127. The number of carbonyl (C=O) groups is 1. The number of ether oxygens (including phenoxy) is 1. The Bertz CT molecular complexity index is 1270. The number of piperazine rings is 1. The van der Waals surface area contributed by atoms with Crippen LogP contribution in [0.5, 0.6) is 0 Å². The minimum Gasteiger partial charge on any atom is -0.355 e. The number of rotatable bonds is 9. The second-order valence-corrected chi connectivity index (χ2v) is 9.72. The van der Waals surface area contributed by atoms with Gasteiger partial charge in [-0.3, -0.25) is 30.6 Å². The number of H-pyrrole nitrogens is 1. The quantitative estimate of drug-likeness (QED) is 0.351. The maximum Gasteiger partial charge on any atom is 0.269 e. The number of anilines is 1. The van der Waals surface area contributed by atoms with E-state index < -0.39 is 11.6 Å². The van der Waals surface area contributed by atoms with E-state index in [1.54, 1.807) is 24.3 Å². The highest BCUT2D eigenvalue weighted by molar-refractivity contribution is 6.30. The zero-order valence-electron chi connectivity index (χ0n) is 20.8. The summed E-state index contributed by atoms with van der Waals surface area (Å²) in [5, 5.41) is 16.6. The van der Waals surface area contributed by atoms with E-state index in [0.29, 0.717) is 18.2 Å². The Balaban J connectivity index is 1.10. The first-order valence-electron chi connectivity index (χ1n) is 12.5. The van der Waals surface area contributed by atoms with Gasteiger partial charge in [0.1, 0.15) is 5.92 Å². The number of nitrogens with zero attached hydrogens (tertiary/aromatic N) is 6. The number of tetrazole rings is 1. The van der Waals surface area contributed by atoms with E-state index in [1.165, 1.54) is 5.56 Å². The number of aromatic amines is 1. The van der Waals surface area contributed by atoms with Crippen molar-refractivity contribution in [2.24, 2.45) is 11.7 Å². The van der Waals surface area contributed by atoms with Crippen LogP contribution in [0.1, 0.15) is 5.56 Å². The van der Waals surface area contributed by atoms with Gasteiger partial charge in [-0.15, -0.1) is 5.10 Å². The van der Waals surface area contributed by atoms with E-state index in [2.05, 4.69) is 46.8 Å². The number of hydrogen-bond donors (Lipinski definition) is 3.